The fourth-order valence-electron chi connectivity index (χ4n) is 2.63. The van der Waals surface area contributed by atoms with E-state index in [1.807, 2.05) is 6.07 Å². The van der Waals surface area contributed by atoms with Gasteiger partial charge < -0.3 is 24.6 Å². The van der Waals surface area contributed by atoms with Gasteiger partial charge >= 0.3 is 0 Å². The summed E-state index contributed by atoms with van der Waals surface area (Å²) in [6.45, 7) is 7.56. The van der Waals surface area contributed by atoms with Crippen molar-refractivity contribution in [1.82, 2.24) is 10.2 Å². The number of phenolic OH excluding ortho intramolecular Hbond substituents is 1. The van der Waals surface area contributed by atoms with Crippen LogP contribution < -0.4 is 14.8 Å². The Hall–Kier alpha value is -1.50. The van der Waals surface area contributed by atoms with Crippen LogP contribution in [0.3, 0.4) is 0 Å². The molecule has 6 heteroatoms. The highest BCUT2D eigenvalue weighted by atomic mass is 16.7. The Labute approximate surface area is 124 Å². The first kappa shape index (κ1) is 14.4. The molecule has 1 atom stereocenters. The lowest BCUT2D eigenvalue weighted by Gasteiger charge is -2.29. The molecule has 0 radical (unpaired) electrons. The van der Waals surface area contributed by atoms with Crippen molar-refractivity contribution >= 4 is 0 Å². The Morgan fingerprint density at radius 2 is 1.95 bits per heavy atom. The maximum atomic E-state index is 10.0. The van der Waals surface area contributed by atoms with Gasteiger partial charge in [0.2, 0.25) is 6.79 Å². The van der Waals surface area contributed by atoms with E-state index in [-0.39, 0.29) is 12.5 Å². The van der Waals surface area contributed by atoms with Gasteiger partial charge in [0.1, 0.15) is 5.75 Å². The van der Waals surface area contributed by atoms with Gasteiger partial charge in [-0.1, -0.05) is 0 Å². The van der Waals surface area contributed by atoms with Gasteiger partial charge in [0.15, 0.2) is 11.5 Å². The Balaban J connectivity index is 1.52. The summed E-state index contributed by atoms with van der Waals surface area (Å²) in [6, 6.07) is 3.80. The van der Waals surface area contributed by atoms with Gasteiger partial charge in [-0.3, -0.25) is 4.90 Å². The minimum Gasteiger partial charge on any atom is -0.507 e. The van der Waals surface area contributed by atoms with Crippen LogP contribution >= 0.6 is 0 Å². The number of aromatic hydroxyl groups is 1. The van der Waals surface area contributed by atoms with E-state index in [2.05, 4.69) is 17.1 Å². The zero-order chi connectivity index (χ0) is 14.7. The quantitative estimate of drug-likeness (QED) is 0.842. The molecule has 0 bridgehead atoms. The summed E-state index contributed by atoms with van der Waals surface area (Å²) in [5, 5.41) is 13.4. The number of benzene rings is 1. The largest absolute Gasteiger partial charge is 0.507 e. The second-order valence-corrected chi connectivity index (χ2v) is 5.53. The molecule has 1 unspecified atom stereocenters. The van der Waals surface area contributed by atoms with Crippen molar-refractivity contribution in [3.05, 3.63) is 17.7 Å². The van der Waals surface area contributed by atoms with E-state index >= 15 is 0 Å². The molecule has 0 spiro atoms. The highest BCUT2D eigenvalue weighted by molar-refractivity contribution is 5.51. The monoisotopic (exact) mass is 294 g/mol. The van der Waals surface area contributed by atoms with Gasteiger partial charge in [-0.2, -0.15) is 0 Å². The third kappa shape index (κ3) is 3.58. The molecule has 0 aliphatic carbocycles. The molecule has 2 aliphatic rings. The Morgan fingerprint density at radius 1 is 1.24 bits per heavy atom. The van der Waals surface area contributed by atoms with Crippen LogP contribution in [0.2, 0.25) is 0 Å². The Morgan fingerprint density at radius 3 is 2.71 bits per heavy atom. The van der Waals surface area contributed by atoms with Crippen molar-refractivity contribution in [2.24, 2.45) is 0 Å². The third-order valence-corrected chi connectivity index (χ3v) is 3.85. The zero-order valence-electron chi connectivity index (χ0n) is 12.3. The SMILES string of the molecule is CC(CN1CCOCC1)NCc1cc2c(cc1O)OCO2. The second kappa shape index (κ2) is 6.51. The first-order chi connectivity index (χ1) is 10.2. The van der Waals surface area contributed by atoms with Crippen molar-refractivity contribution in [1.29, 1.82) is 0 Å². The summed E-state index contributed by atoms with van der Waals surface area (Å²) < 4.78 is 15.9. The predicted octanol–water partition coefficient (Wildman–Crippen LogP) is 0.931. The van der Waals surface area contributed by atoms with Crippen molar-refractivity contribution in [3.63, 3.8) is 0 Å². The van der Waals surface area contributed by atoms with E-state index in [1.165, 1.54) is 0 Å². The highest BCUT2D eigenvalue weighted by Crippen LogP contribution is 2.37. The molecule has 116 valence electrons. The third-order valence-electron chi connectivity index (χ3n) is 3.85. The second-order valence-electron chi connectivity index (χ2n) is 5.53. The van der Waals surface area contributed by atoms with E-state index in [1.54, 1.807) is 6.07 Å². The topological polar surface area (TPSA) is 63.2 Å². The van der Waals surface area contributed by atoms with Crippen molar-refractivity contribution in [2.75, 3.05) is 39.6 Å². The number of rotatable bonds is 5. The van der Waals surface area contributed by atoms with E-state index in [0.29, 0.717) is 24.1 Å². The van der Waals surface area contributed by atoms with Gasteiger partial charge in [0.25, 0.3) is 0 Å². The maximum Gasteiger partial charge on any atom is 0.231 e. The normalized spacial score (nSPS) is 19.7. The molecule has 1 saturated heterocycles. The highest BCUT2D eigenvalue weighted by Gasteiger charge is 2.18. The van der Waals surface area contributed by atoms with Gasteiger partial charge in [0.05, 0.1) is 13.2 Å². The fourth-order valence-corrected chi connectivity index (χ4v) is 2.63. The van der Waals surface area contributed by atoms with Crippen LogP contribution in [0, 0.1) is 0 Å². The summed E-state index contributed by atoms with van der Waals surface area (Å²) in [5.41, 5.74) is 0.827. The molecule has 1 fully saturated rings. The standard InChI is InChI=1S/C15H22N2O4/c1-11(9-17-2-4-19-5-3-17)16-8-12-6-14-15(7-13(12)18)21-10-20-14/h6-7,11,16,18H,2-5,8-10H2,1H3. The van der Waals surface area contributed by atoms with Crippen LogP contribution in [0.4, 0.5) is 0 Å². The maximum absolute atomic E-state index is 10.0. The van der Waals surface area contributed by atoms with Crippen molar-refractivity contribution in [2.45, 2.75) is 19.5 Å². The van der Waals surface area contributed by atoms with Crippen LogP contribution in [-0.2, 0) is 11.3 Å². The van der Waals surface area contributed by atoms with Gasteiger partial charge in [-0.05, 0) is 13.0 Å². The van der Waals surface area contributed by atoms with Crippen molar-refractivity contribution in [3.8, 4) is 17.2 Å². The molecule has 3 rings (SSSR count). The summed E-state index contributed by atoms with van der Waals surface area (Å²) in [7, 11) is 0. The smallest absolute Gasteiger partial charge is 0.231 e. The average Bonchev–Trinajstić information content (AvgIpc) is 2.93. The number of nitrogens with one attached hydrogen (secondary N) is 1. The molecular weight excluding hydrogens is 272 g/mol. The first-order valence-electron chi connectivity index (χ1n) is 7.37. The molecule has 21 heavy (non-hydrogen) atoms. The van der Waals surface area contributed by atoms with E-state index < -0.39 is 0 Å². The number of morpholine rings is 1. The number of ether oxygens (including phenoxy) is 3. The molecule has 6 nitrogen and oxygen atoms in total. The molecule has 0 amide bonds. The van der Waals surface area contributed by atoms with E-state index in [0.717, 1.165) is 38.4 Å². The predicted molar refractivity (Wildman–Crippen MR) is 77.8 cm³/mol. The molecule has 2 heterocycles. The molecular formula is C15H22N2O4. The molecule has 2 N–H and O–H groups in total. The number of fused-ring (bicyclic) bond motifs is 1. The van der Waals surface area contributed by atoms with Crippen LogP contribution in [0.1, 0.15) is 12.5 Å². The number of hydrogen-bond donors (Lipinski definition) is 2. The molecule has 1 aromatic rings. The zero-order valence-corrected chi connectivity index (χ0v) is 12.3. The summed E-state index contributed by atoms with van der Waals surface area (Å²) >= 11 is 0. The number of phenols is 1. The summed E-state index contributed by atoms with van der Waals surface area (Å²) in [4.78, 5) is 2.39. The summed E-state index contributed by atoms with van der Waals surface area (Å²) in [6.07, 6.45) is 0. The fraction of sp³-hybridized carbons (Fsp3) is 0.600. The number of hydrogen-bond acceptors (Lipinski definition) is 6. The van der Waals surface area contributed by atoms with Crippen molar-refractivity contribution < 1.29 is 19.3 Å². The molecule has 0 aromatic heterocycles. The first-order valence-corrected chi connectivity index (χ1v) is 7.37. The van der Waals surface area contributed by atoms with Gasteiger partial charge in [-0.25, -0.2) is 0 Å². The van der Waals surface area contributed by atoms with Gasteiger partial charge in [-0.15, -0.1) is 0 Å². The lowest BCUT2D eigenvalue weighted by Crippen LogP contribution is -2.44. The van der Waals surface area contributed by atoms with Crippen LogP contribution in [-0.4, -0.2) is 55.7 Å². The van der Waals surface area contributed by atoms with E-state index in [4.69, 9.17) is 14.2 Å². The lowest BCUT2D eigenvalue weighted by atomic mass is 10.1. The van der Waals surface area contributed by atoms with Crippen LogP contribution in [0.25, 0.3) is 0 Å². The minimum absolute atomic E-state index is 0.221. The summed E-state index contributed by atoms with van der Waals surface area (Å²) in [5.74, 6) is 1.55. The minimum atomic E-state index is 0.221. The number of nitrogens with zero attached hydrogens (tertiary/aromatic N) is 1. The molecule has 1 aromatic carbocycles. The van der Waals surface area contributed by atoms with Crippen LogP contribution in [0.15, 0.2) is 12.1 Å². The molecule has 2 aliphatic heterocycles. The molecule has 0 saturated carbocycles. The Kier molecular flexibility index (Phi) is 4.48. The van der Waals surface area contributed by atoms with E-state index in [9.17, 15) is 5.11 Å². The Bertz CT molecular complexity index is 489. The average molecular weight is 294 g/mol. The lowest BCUT2D eigenvalue weighted by molar-refractivity contribution is 0.0343. The van der Waals surface area contributed by atoms with Crippen LogP contribution in [0.5, 0.6) is 17.2 Å². The van der Waals surface area contributed by atoms with Gasteiger partial charge in [0, 0.05) is 43.9 Å².